The summed E-state index contributed by atoms with van der Waals surface area (Å²) in [6.07, 6.45) is 4.52. The van der Waals surface area contributed by atoms with Gasteiger partial charge in [-0.1, -0.05) is 0 Å². The van der Waals surface area contributed by atoms with Crippen LogP contribution in [0.25, 0.3) is 0 Å². The number of nitrogens with zero attached hydrogens (tertiary/aromatic N) is 3. The van der Waals surface area contributed by atoms with Gasteiger partial charge < -0.3 is 20.0 Å². The fraction of sp³-hybridized carbons (Fsp3) is 0.875. The first-order valence-corrected chi connectivity index (χ1v) is 8.74. The Kier molecular flexibility index (Phi) is 7.11. The van der Waals surface area contributed by atoms with Crippen molar-refractivity contribution in [1.29, 1.82) is 0 Å². The topological polar surface area (TPSA) is 55.9 Å². The third-order valence-corrected chi connectivity index (χ3v) is 5.22. The van der Waals surface area contributed by atoms with E-state index in [9.17, 15) is 9.59 Å². The van der Waals surface area contributed by atoms with Crippen LogP contribution in [0.3, 0.4) is 0 Å². The van der Waals surface area contributed by atoms with Crippen molar-refractivity contribution in [1.82, 2.24) is 20.0 Å². The predicted octanol–water partition coefficient (Wildman–Crippen LogP) is 0.317. The third kappa shape index (κ3) is 4.81. The van der Waals surface area contributed by atoms with Gasteiger partial charge in [-0.25, -0.2) is 0 Å². The van der Waals surface area contributed by atoms with Crippen LogP contribution in [0.4, 0.5) is 0 Å². The highest BCUT2D eigenvalue weighted by Gasteiger charge is 2.30. The molecule has 3 rings (SSSR count). The second-order valence-electron chi connectivity index (χ2n) is 6.64. The average molecular weight is 345 g/mol. The zero-order valence-corrected chi connectivity index (χ0v) is 14.7. The maximum atomic E-state index is 12.2. The molecule has 3 aliphatic rings. The molecule has 132 valence electrons. The zero-order valence-electron chi connectivity index (χ0n) is 13.8. The molecule has 3 heterocycles. The minimum atomic E-state index is 0. The van der Waals surface area contributed by atoms with Crippen molar-refractivity contribution in [3.05, 3.63) is 0 Å². The summed E-state index contributed by atoms with van der Waals surface area (Å²) in [5.74, 6) is 0.630. The lowest BCUT2D eigenvalue weighted by atomic mass is 10.0. The molecule has 1 N–H and O–H groups in total. The summed E-state index contributed by atoms with van der Waals surface area (Å²) >= 11 is 0. The number of halogens is 1. The van der Waals surface area contributed by atoms with E-state index >= 15 is 0 Å². The van der Waals surface area contributed by atoms with E-state index < -0.39 is 0 Å². The maximum absolute atomic E-state index is 12.2. The molecule has 3 fully saturated rings. The van der Waals surface area contributed by atoms with Crippen molar-refractivity contribution >= 4 is 24.2 Å². The minimum Gasteiger partial charge on any atom is -0.340 e. The van der Waals surface area contributed by atoms with E-state index in [4.69, 9.17) is 0 Å². The molecule has 0 aromatic rings. The number of likely N-dealkylation sites (tertiary alicyclic amines) is 2. The molecule has 0 bridgehead atoms. The molecular weight excluding hydrogens is 316 g/mol. The molecule has 0 radical (unpaired) electrons. The van der Waals surface area contributed by atoms with Gasteiger partial charge in [0.05, 0.1) is 0 Å². The van der Waals surface area contributed by atoms with E-state index in [0.29, 0.717) is 24.3 Å². The van der Waals surface area contributed by atoms with Gasteiger partial charge in [-0.05, 0) is 19.3 Å². The molecule has 0 unspecified atom stereocenters. The normalized spacial score (nSPS) is 23.9. The average Bonchev–Trinajstić information content (AvgIpc) is 3.00. The van der Waals surface area contributed by atoms with Gasteiger partial charge in [0.1, 0.15) is 0 Å². The minimum absolute atomic E-state index is 0. The van der Waals surface area contributed by atoms with Crippen LogP contribution in [0.5, 0.6) is 0 Å². The highest BCUT2D eigenvalue weighted by Crippen LogP contribution is 2.22. The fourth-order valence-electron chi connectivity index (χ4n) is 3.84. The quantitative estimate of drug-likeness (QED) is 0.798. The number of rotatable bonds is 4. The van der Waals surface area contributed by atoms with Crippen LogP contribution in [0.1, 0.15) is 32.1 Å². The van der Waals surface area contributed by atoms with E-state index in [0.717, 1.165) is 78.0 Å². The highest BCUT2D eigenvalue weighted by molar-refractivity contribution is 5.85. The highest BCUT2D eigenvalue weighted by atomic mass is 35.5. The number of piperidine rings is 1. The number of piperazine rings is 1. The van der Waals surface area contributed by atoms with E-state index in [-0.39, 0.29) is 12.4 Å². The SMILES string of the molecule is Cl.O=C(CCN1CCC(N2CCCC2=O)CC1)N1CCNCC1. The lowest BCUT2D eigenvalue weighted by Crippen LogP contribution is -2.48. The summed E-state index contributed by atoms with van der Waals surface area (Å²) in [5, 5.41) is 3.27. The Morgan fingerprint density at radius 3 is 2.39 bits per heavy atom. The van der Waals surface area contributed by atoms with Gasteiger partial charge in [0.2, 0.25) is 11.8 Å². The number of carbonyl (C=O) groups is 2. The molecule has 3 saturated heterocycles. The lowest BCUT2D eigenvalue weighted by molar-refractivity contribution is -0.132. The smallest absolute Gasteiger partial charge is 0.223 e. The standard InChI is InChI=1S/C16H28N4O2.ClH/c21-15(19-12-6-17-7-13-19)5-11-18-9-3-14(4-10-18)20-8-1-2-16(20)22;/h14,17H,1-13H2;1H. The number of amides is 2. The molecule has 0 aromatic heterocycles. The van der Waals surface area contributed by atoms with Crippen molar-refractivity contribution in [3.8, 4) is 0 Å². The van der Waals surface area contributed by atoms with Gasteiger partial charge in [-0.2, -0.15) is 0 Å². The molecule has 6 nitrogen and oxygen atoms in total. The summed E-state index contributed by atoms with van der Waals surface area (Å²) in [5.41, 5.74) is 0. The van der Waals surface area contributed by atoms with Gasteiger partial charge in [-0.3, -0.25) is 9.59 Å². The van der Waals surface area contributed by atoms with Crippen LogP contribution in [-0.4, -0.2) is 84.9 Å². The second-order valence-corrected chi connectivity index (χ2v) is 6.64. The number of carbonyl (C=O) groups excluding carboxylic acids is 2. The van der Waals surface area contributed by atoms with Crippen LogP contribution >= 0.6 is 12.4 Å². The Morgan fingerprint density at radius 1 is 1.09 bits per heavy atom. The van der Waals surface area contributed by atoms with Crippen molar-refractivity contribution in [3.63, 3.8) is 0 Å². The monoisotopic (exact) mass is 344 g/mol. The van der Waals surface area contributed by atoms with Gasteiger partial charge in [0.25, 0.3) is 0 Å². The Hall–Kier alpha value is -0.850. The van der Waals surface area contributed by atoms with Crippen LogP contribution in [0.15, 0.2) is 0 Å². The molecule has 23 heavy (non-hydrogen) atoms. The van der Waals surface area contributed by atoms with Gasteiger partial charge in [-0.15, -0.1) is 12.4 Å². The molecule has 0 aromatic carbocycles. The van der Waals surface area contributed by atoms with Gasteiger partial charge in [0.15, 0.2) is 0 Å². The summed E-state index contributed by atoms with van der Waals surface area (Å²) in [6.45, 7) is 7.37. The van der Waals surface area contributed by atoms with Crippen LogP contribution in [0, 0.1) is 0 Å². The number of nitrogens with one attached hydrogen (secondary N) is 1. The van der Waals surface area contributed by atoms with E-state index in [1.165, 1.54) is 0 Å². The van der Waals surface area contributed by atoms with Crippen LogP contribution in [-0.2, 0) is 9.59 Å². The first-order chi connectivity index (χ1) is 10.7. The molecule has 0 saturated carbocycles. The number of hydrogen-bond acceptors (Lipinski definition) is 4. The molecule has 0 spiro atoms. The third-order valence-electron chi connectivity index (χ3n) is 5.22. The van der Waals surface area contributed by atoms with Crippen LogP contribution < -0.4 is 5.32 Å². The van der Waals surface area contributed by atoms with Gasteiger partial charge >= 0.3 is 0 Å². The zero-order chi connectivity index (χ0) is 15.4. The van der Waals surface area contributed by atoms with Gasteiger partial charge in [0, 0.05) is 71.2 Å². The molecule has 0 aliphatic carbocycles. The molecular formula is C16H29ClN4O2. The Morgan fingerprint density at radius 2 is 1.78 bits per heavy atom. The first kappa shape index (κ1) is 18.5. The van der Waals surface area contributed by atoms with Crippen molar-refractivity contribution in [2.24, 2.45) is 0 Å². The van der Waals surface area contributed by atoms with E-state index in [1.54, 1.807) is 0 Å². The Labute approximate surface area is 145 Å². The van der Waals surface area contributed by atoms with Crippen molar-refractivity contribution in [2.75, 3.05) is 52.4 Å². The molecule has 0 atom stereocenters. The fourth-order valence-corrected chi connectivity index (χ4v) is 3.84. The Balaban J connectivity index is 0.00000192. The van der Waals surface area contributed by atoms with Crippen molar-refractivity contribution < 1.29 is 9.59 Å². The second kappa shape index (κ2) is 8.85. The van der Waals surface area contributed by atoms with E-state index in [1.807, 2.05) is 4.90 Å². The van der Waals surface area contributed by atoms with E-state index in [2.05, 4.69) is 15.1 Å². The molecule has 7 heteroatoms. The van der Waals surface area contributed by atoms with Crippen LogP contribution in [0.2, 0.25) is 0 Å². The lowest BCUT2D eigenvalue weighted by Gasteiger charge is -2.37. The first-order valence-electron chi connectivity index (χ1n) is 8.74. The summed E-state index contributed by atoms with van der Waals surface area (Å²) in [7, 11) is 0. The number of hydrogen-bond donors (Lipinski definition) is 1. The molecule has 2 amide bonds. The Bertz CT molecular complexity index is 407. The summed E-state index contributed by atoms with van der Waals surface area (Å²) in [6, 6.07) is 0.440. The molecule has 3 aliphatic heterocycles. The summed E-state index contributed by atoms with van der Waals surface area (Å²) < 4.78 is 0. The van der Waals surface area contributed by atoms with Crippen molar-refractivity contribution in [2.45, 2.75) is 38.1 Å². The summed E-state index contributed by atoms with van der Waals surface area (Å²) in [4.78, 5) is 30.4. The predicted molar refractivity (Wildman–Crippen MR) is 91.7 cm³/mol. The largest absolute Gasteiger partial charge is 0.340 e. The maximum Gasteiger partial charge on any atom is 0.223 e.